The third-order valence-corrected chi connectivity index (χ3v) is 7.39. The number of rotatable bonds is 10. The number of pyridine rings is 1. The molecule has 1 heterocycles. The highest BCUT2D eigenvalue weighted by Gasteiger charge is 2.14. The molecule has 222 valence electrons. The lowest BCUT2D eigenvalue weighted by atomic mass is 10.2. The van der Waals surface area contributed by atoms with Crippen molar-refractivity contribution in [2.45, 2.75) is 0 Å². The van der Waals surface area contributed by atoms with E-state index in [-0.39, 0.29) is 0 Å². The average Bonchev–Trinajstić information content (AvgIpc) is 3.12. The van der Waals surface area contributed by atoms with E-state index in [1.54, 1.807) is 0 Å². The Hall–Kier alpha value is -6.33. The van der Waals surface area contributed by atoms with E-state index in [1.807, 2.05) is 140 Å². The van der Waals surface area contributed by atoms with Gasteiger partial charge in [0.1, 0.15) is 11.5 Å². The number of hydrogen-bond acceptors (Lipinski definition) is 5. The molecular formula is C41H31N3O2. The third-order valence-electron chi connectivity index (χ3n) is 7.39. The van der Waals surface area contributed by atoms with Crippen LogP contribution in [0.25, 0.3) is 0 Å². The molecule has 0 saturated carbocycles. The van der Waals surface area contributed by atoms with Crippen molar-refractivity contribution in [2.75, 3.05) is 9.80 Å². The van der Waals surface area contributed by atoms with Crippen LogP contribution in [-0.4, -0.2) is 4.98 Å². The minimum Gasteiger partial charge on any atom is -0.439 e. The average molecular weight is 598 g/mol. The fraction of sp³-hybridized carbons (Fsp3) is 0. The molecule has 7 rings (SSSR count). The number of anilines is 6. The smallest absolute Gasteiger partial charge is 0.222 e. The van der Waals surface area contributed by atoms with Crippen LogP contribution in [0.2, 0.25) is 0 Å². The van der Waals surface area contributed by atoms with Crippen molar-refractivity contribution in [1.82, 2.24) is 4.98 Å². The molecule has 0 radical (unpaired) electrons. The molecule has 0 fully saturated rings. The Bertz CT molecular complexity index is 1750. The zero-order chi connectivity index (χ0) is 31.0. The molecule has 7 aromatic rings. The highest BCUT2D eigenvalue weighted by atomic mass is 16.5. The molecular weight excluding hydrogens is 566 g/mol. The maximum Gasteiger partial charge on any atom is 0.222 e. The Morgan fingerprint density at radius 3 is 0.870 bits per heavy atom. The molecule has 46 heavy (non-hydrogen) atoms. The molecule has 5 heteroatoms. The van der Waals surface area contributed by atoms with Gasteiger partial charge in [-0.1, -0.05) is 78.9 Å². The minimum atomic E-state index is 0.448. The maximum atomic E-state index is 6.14. The predicted molar refractivity (Wildman–Crippen MR) is 187 cm³/mol. The van der Waals surface area contributed by atoms with E-state index >= 15 is 0 Å². The monoisotopic (exact) mass is 597 g/mol. The molecule has 0 spiro atoms. The van der Waals surface area contributed by atoms with Crippen LogP contribution in [0.15, 0.2) is 188 Å². The normalized spacial score (nSPS) is 10.6. The van der Waals surface area contributed by atoms with Gasteiger partial charge in [-0.05, 0) is 97.1 Å². The Morgan fingerprint density at radius 2 is 0.565 bits per heavy atom. The fourth-order valence-electron chi connectivity index (χ4n) is 5.28. The summed E-state index contributed by atoms with van der Waals surface area (Å²) in [6.45, 7) is 0. The van der Waals surface area contributed by atoms with Crippen LogP contribution < -0.4 is 19.3 Å². The topological polar surface area (TPSA) is 37.8 Å². The van der Waals surface area contributed by atoms with Crippen molar-refractivity contribution in [2.24, 2.45) is 0 Å². The summed E-state index contributed by atoms with van der Waals surface area (Å²) >= 11 is 0. The molecule has 0 bridgehead atoms. The first-order chi connectivity index (χ1) is 22.8. The number of nitrogens with zero attached hydrogens (tertiary/aromatic N) is 3. The van der Waals surface area contributed by atoms with Gasteiger partial charge in [0.05, 0.1) is 0 Å². The first-order valence-corrected chi connectivity index (χ1v) is 15.1. The van der Waals surface area contributed by atoms with Crippen molar-refractivity contribution in [3.8, 4) is 23.3 Å². The van der Waals surface area contributed by atoms with E-state index in [9.17, 15) is 0 Å². The van der Waals surface area contributed by atoms with Crippen LogP contribution in [0.4, 0.5) is 34.1 Å². The van der Waals surface area contributed by atoms with Gasteiger partial charge in [0.2, 0.25) is 11.8 Å². The molecule has 1 aromatic heterocycles. The van der Waals surface area contributed by atoms with Gasteiger partial charge in [-0.2, -0.15) is 4.98 Å². The van der Waals surface area contributed by atoms with Crippen LogP contribution in [0.3, 0.4) is 0 Å². The first-order valence-electron chi connectivity index (χ1n) is 15.1. The Balaban J connectivity index is 1.06. The summed E-state index contributed by atoms with van der Waals surface area (Å²) in [6, 6.07) is 62.8. The van der Waals surface area contributed by atoms with Crippen LogP contribution in [0.5, 0.6) is 23.3 Å². The quantitative estimate of drug-likeness (QED) is 0.157. The molecule has 0 unspecified atom stereocenters. The van der Waals surface area contributed by atoms with Crippen molar-refractivity contribution in [1.29, 1.82) is 0 Å². The predicted octanol–water partition coefficient (Wildman–Crippen LogP) is 11.6. The molecule has 5 nitrogen and oxygen atoms in total. The molecule has 0 saturated heterocycles. The van der Waals surface area contributed by atoms with Crippen molar-refractivity contribution >= 4 is 34.1 Å². The van der Waals surface area contributed by atoms with E-state index in [2.05, 4.69) is 63.3 Å². The van der Waals surface area contributed by atoms with Gasteiger partial charge in [0.15, 0.2) is 0 Å². The minimum absolute atomic E-state index is 0.448. The number of aromatic nitrogens is 1. The van der Waals surface area contributed by atoms with Crippen LogP contribution in [0.1, 0.15) is 0 Å². The van der Waals surface area contributed by atoms with E-state index in [1.165, 1.54) is 0 Å². The van der Waals surface area contributed by atoms with E-state index in [0.29, 0.717) is 23.3 Å². The van der Waals surface area contributed by atoms with Crippen molar-refractivity contribution in [3.05, 3.63) is 188 Å². The SMILES string of the molecule is c1ccc(N(c2ccccc2)c2ccc(Oc3cccc(Oc4ccc(N(c5ccccc5)c5ccccc5)cc4)n3)cc2)cc1. The zero-order valence-electron chi connectivity index (χ0n) is 25.1. The Morgan fingerprint density at radius 1 is 0.283 bits per heavy atom. The van der Waals surface area contributed by atoms with Crippen molar-refractivity contribution < 1.29 is 9.47 Å². The van der Waals surface area contributed by atoms with Gasteiger partial charge in [0.25, 0.3) is 0 Å². The number of hydrogen-bond donors (Lipinski definition) is 0. The maximum absolute atomic E-state index is 6.14. The van der Waals surface area contributed by atoms with Crippen LogP contribution >= 0.6 is 0 Å². The standard InChI is InChI=1S/C41H31N3O2/c1-5-14-32(15-6-1)43(33-16-7-2-8-17-33)36-24-28-38(29-25-36)45-40-22-13-23-41(42-40)46-39-30-26-37(27-31-39)44(34-18-9-3-10-19-34)35-20-11-4-12-21-35/h1-31H. The van der Waals surface area contributed by atoms with Gasteiger partial charge in [0, 0.05) is 46.3 Å². The fourth-order valence-corrected chi connectivity index (χ4v) is 5.28. The van der Waals surface area contributed by atoms with Crippen LogP contribution in [-0.2, 0) is 0 Å². The molecule has 0 N–H and O–H groups in total. The number of benzene rings is 6. The second-order valence-electron chi connectivity index (χ2n) is 10.5. The second-order valence-corrected chi connectivity index (χ2v) is 10.5. The summed E-state index contributed by atoms with van der Waals surface area (Å²) in [6.07, 6.45) is 0. The molecule has 6 aromatic carbocycles. The van der Waals surface area contributed by atoms with Gasteiger partial charge in [-0.15, -0.1) is 0 Å². The molecule has 0 atom stereocenters. The number of para-hydroxylation sites is 4. The molecule has 0 aliphatic heterocycles. The summed E-state index contributed by atoms with van der Waals surface area (Å²) in [4.78, 5) is 9.02. The van der Waals surface area contributed by atoms with Gasteiger partial charge >= 0.3 is 0 Å². The molecule has 0 amide bonds. The van der Waals surface area contributed by atoms with E-state index in [0.717, 1.165) is 34.1 Å². The molecule has 0 aliphatic rings. The summed E-state index contributed by atoms with van der Waals surface area (Å²) in [7, 11) is 0. The van der Waals surface area contributed by atoms with E-state index < -0.39 is 0 Å². The lowest BCUT2D eigenvalue weighted by Crippen LogP contribution is -2.09. The lowest BCUT2D eigenvalue weighted by molar-refractivity contribution is 0.426. The highest BCUT2D eigenvalue weighted by molar-refractivity contribution is 5.77. The highest BCUT2D eigenvalue weighted by Crippen LogP contribution is 2.37. The lowest BCUT2D eigenvalue weighted by Gasteiger charge is -2.25. The van der Waals surface area contributed by atoms with Gasteiger partial charge < -0.3 is 19.3 Å². The Labute approximate surface area is 269 Å². The largest absolute Gasteiger partial charge is 0.439 e. The Kier molecular flexibility index (Phi) is 8.37. The second kappa shape index (κ2) is 13.5. The first kappa shape index (κ1) is 28.4. The van der Waals surface area contributed by atoms with Gasteiger partial charge in [-0.25, -0.2) is 0 Å². The van der Waals surface area contributed by atoms with Crippen LogP contribution in [0, 0.1) is 0 Å². The number of ether oxygens (including phenoxy) is 2. The van der Waals surface area contributed by atoms with Crippen molar-refractivity contribution in [3.63, 3.8) is 0 Å². The van der Waals surface area contributed by atoms with Gasteiger partial charge in [-0.3, -0.25) is 0 Å². The molecule has 0 aliphatic carbocycles. The third kappa shape index (κ3) is 6.59. The summed E-state index contributed by atoms with van der Waals surface area (Å²) in [5, 5.41) is 0. The summed E-state index contributed by atoms with van der Waals surface area (Å²) in [5.41, 5.74) is 6.36. The van der Waals surface area contributed by atoms with E-state index in [4.69, 9.17) is 9.47 Å². The zero-order valence-corrected chi connectivity index (χ0v) is 25.1. The summed E-state index contributed by atoms with van der Waals surface area (Å²) < 4.78 is 12.3. The summed E-state index contributed by atoms with van der Waals surface area (Å²) in [5.74, 6) is 2.26.